The SMILES string of the molecule is Cc1nnc(CCNC(=O)C(c2ccc3c(c2)OCO3)N(C)C)s1. The summed E-state index contributed by atoms with van der Waals surface area (Å²) in [5.74, 6) is 1.33. The first-order valence-electron chi connectivity index (χ1n) is 7.67. The lowest BCUT2D eigenvalue weighted by atomic mass is 10.0. The van der Waals surface area contributed by atoms with Crippen molar-refractivity contribution in [1.29, 1.82) is 0 Å². The number of hydrogen-bond donors (Lipinski definition) is 1. The maximum atomic E-state index is 12.6. The number of likely N-dealkylation sites (N-methyl/N-ethyl adjacent to an activating group) is 1. The molecular weight excluding hydrogens is 328 g/mol. The van der Waals surface area contributed by atoms with Crippen molar-refractivity contribution in [3.63, 3.8) is 0 Å². The Morgan fingerprint density at radius 3 is 2.83 bits per heavy atom. The molecule has 2 heterocycles. The average molecular weight is 348 g/mol. The minimum atomic E-state index is -0.393. The molecule has 1 aromatic heterocycles. The normalized spacial score (nSPS) is 14.0. The average Bonchev–Trinajstić information content (AvgIpc) is 3.15. The van der Waals surface area contributed by atoms with Gasteiger partial charge in [-0.3, -0.25) is 9.69 Å². The van der Waals surface area contributed by atoms with Gasteiger partial charge in [0.2, 0.25) is 12.7 Å². The fourth-order valence-electron chi connectivity index (χ4n) is 2.60. The highest BCUT2D eigenvalue weighted by atomic mass is 32.1. The molecule has 0 bridgehead atoms. The van der Waals surface area contributed by atoms with E-state index in [1.165, 1.54) is 0 Å². The van der Waals surface area contributed by atoms with Gasteiger partial charge in [0, 0.05) is 13.0 Å². The standard InChI is InChI=1S/C16H20N4O3S/c1-10-18-19-14(24-10)6-7-17-16(21)15(20(2)3)11-4-5-12-13(8-11)23-9-22-12/h4-5,8,15H,6-7,9H2,1-3H3,(H,17,21). The Bertz CT molecular complexity index is 732. The molecule has 24 heavy (non-hydrogen) atoms. The summed E-state index contributed by atoms with van der Waals surface area (Å²) in [6, 6.07) is 5.20. The first-order valence-corrected chi connectivity index (χ1v) is 8.49. The molecule has 0 fully saturated rings. The second-order valence-corrected chi connectivity index (χ2v) is 7.00. The number of hydrogen-bond acceptors (Lipinski definition) is 7. The lowest BCUT2D eigenvalue weighted by Gasteiger charge is -2.24. The van der Waals surface area contributed by atoms with E-state index in [0.29, 0.717) is 24.5 Å². The van der Waals surface area contributed by atoms with Crippen LogP contribution >= 0.6 is 11.3 Å². The highest BCUT2D eigenvalue weighted by Crippen LogP contribution is 2.35. The second-order valence-electron chi connectivity index (χ2n) is 5.73. The third-order valence-electron chi connectivity index (χ3n) is 3.68. The molecule has 1 aromatic carbocycles. The van der Waals surface area contributed by atoms with Crippen LogP contribution in [-0.4, -0.2) is 48.4 Å². The van der Waals surface area contributed by atoms with Gasteiger partial charge in [-0.05, 0) is 38.7 Å². The van der Waals surface area contributed by atoms with Crippen LogP contribution in [-0.2, 0) is 11.2 Å². The monoisotopic (exact) mass is 348 g/mol. The van der Waals surface area contributed by atoms with Crippen LogP contribution in [0.5, 0.6) is 11.5 Å². The van der Waals surface area contributed by atoms with Gasteiger partial charge in [0.25, 0.3) is 0 Å². The number of rotatable bonds is 6. The Hall–Kier alpha value is -2.19. The van der Waals surface area contributed by atoms with Crippen molar-refractivity contribution >= 4 is 17.2 Å². The molecule has 1 N–H and O–H groups in total. The molecule has 8 heteroatoms. The zero-order chi connectivity index (χ0) is 17.1. The number of carbonyl (C=O) groups is 1. The van der Waals surface area contributed by atoms with Crippen molar-refractivity contribution in [2.45, 2.75) is 19.4 Å². The molecule has 0 radical (unpaired) electrons. The van der Waals surface area contributed by atoms with E-state index in [-0.39, 0.29) is 12.7 Å². The van der Waals surface area contributed by atoms with Crippen LogP contribution in [0.25, 0.3) is 0 Å². The number of nitrogens with zero attached hydrogens (tertiary/aromatic N) is 3. The number of ether oxygens (including phenoxy) is 2. The largest absolute Gasteiger partial charge is 0.454 e. The quantitative estimate of drug-likeness (QED) is 0.853. The van der Waals surface area contributed by atoms with Gasteiger partial charge in [0.05, 0.1) is 0 Å². The van der Waals surface area contributed by atoms with Gasteiger partial charge in [-0.2, -0.15) is 0 Å². The van der Waals surface area contributed by atoms with Crippen LogP contribution in [0.4, 0.5) is 0 Å². The Morgan fingerprint density at radius 1 is 1.33 bits per heavy atom. The summed E-state index contributed by atoms with van der Waals surface area (Å²) in [6.45, 7) is 2.67. The van der Waals surface area contributed by atoms with E-state index in [4.69, 9.17) is 9.47 Å². The summed E-state index contributed by atoms with van der Waals surface area (Å²) in [5, 5.41) is 12.9. The highest BCUT2D eigenvalue weighted by Gasteiger charge is 2.25. The summed E-state index contributed by atoms with van der Waals surface area (Å²) >= 11 is 1.55. The van der Waals surface area contributed by atoms with Crippen LogP contribution in [0.2, 0.25) is 0 Å². The van der Waals surface area contributed by atoms with Crippen LogP contribution in [0, 0.1) is 6.92 Å². The van der Waals surface area contributed by atoms with Crippen molar-refractivity contribution in [1.82, 2.24) is 20.4 Å². The van der Waals surface area contributed by atoms with Gasteiger partial charge in [-0.25, -0.2) is 0 Å². The predicted octanol–water partition coefficient (Wildman–Crippen LogP) is 1.54. The molecule has 1 atom stereocenters. The molecule has 1 unspecified atom stereocenters. The van der Waals surface area contributed by atoms with E-state index in [9.17, 15) is 4.79 Å². The maximum absolute atomic E-state index is 12.6. The van der Waals surface area contributed by atoms with Gasteiger partial charge >= 0.3 is 0 Å². The summed E-state index contributed by atoms with van der Waals surface area (Å²) < 4.78 is 10.7. The molecule has 1 aliphatic rings. The van der Waals surface area contributed by atoms with Gasteiger partial charge in [0.1, 0.15) is 16.1 Å². The molecule has 0 spiro atoms. The second kappa shape index (κ2) is 7.14. The van der Waals surface area contributed by atoms with Gasteiger partial charge in [-0.1, -0.05) is 6.07 Å². The zero-order valence-corrected chi connectivity index (χ0v) is 14.7. The summed E-state index contributed by atoms with van der Waals surface area (Å²) in [7, 11) is 3.76. The van der Waals surface area contributed by atoms with Gasteiger partial charge < -0.3 is 14.8 Å². The molecule has 0 saturated heterocycles. The maximum Gasteiger partial charge on any atom is 0.241 e. The molecule has 0 aliphatic carbocycles. The van der Waals surface area contributed by atoms with Gasteiger partial charge in [0.15, 0.2) is 11.5 Å². The van der Waals surface area contributed by atoms with E-state index in [0.717, 1.165) is 15.6 Å². The number of aromatic nitrogens is 2. The van der Waals surface area contributed by atoms with Crippen LogP contribution in [0.3, 0.4) is 0 Å². The molecular formula is C16H20N4O3S. The number of fused-ring (bicyclic) bond motifs is 1. The van der Waals surface area contributed by atoms with E-state index < -0.39 is 6.04 Å². The van der Waals surface area contributed by atoms with Crippen molar-refractivity contribution in [3.8, 4) is 11.5 Å². The zero-order valence-electron chi connectivity index (χ0n) is 13.9. The van der Waals surface area contributed by atoms with Crippen molar-refractivity contribution in [2.75, 3.05) is 27.4 Å². The van der Waals surface area contributed by atoms with E-state index in [1.807, 2.05) is 44.1 Å². The van der Waals surface area contributed by atoms with Crippen molar-refractivity contribution in [3.05, 3.63) is 33.8 Å². The van der Waals surface area contributed by atoms with Crippen LogP contribution in [0.15, 0.2) is 18.2 Å². The highest BCUT2D eigenvalue weighted by molar-refractivity contribution is 7.11. The Kier molecular flexibility index (Phi) is 4.96. The van der Waals surface area contributed by atoms with Gasteiger partial charge in [-0.15, -0.1) is 21.5 Å². The fraction of sp³-hybridized carbons (Fsp3) is 0.438. The van der Waals surface area contributed by atoms with Crippen molar-refractivity contribution in [2.24, 2.45) is 0 Å². The Balaban J connectivity index is 1.65. The third kappa shape index (κ3) is 3.65. The number of amides is 1. The lowest BCUT2D eigenvalue weighted by Crippen LogP contribution is -2.37. The summed E-state index contributed by atoms with van der Waals surface area (Å²) in [4.78, 5) is 14.5. The summed E-state index contributed by atoms with van der Waals surface area (Å²) in [6.07, 6.45) is 0.679. The minimum Gasteiger partial charge on any atom is -0.454 e. The van der Waals surface area contributed by atoms with Crippen LogP contribution < -0.4 is 14.8 Å². The van der Waals surface area contributed by atoms with Crippen LogP contribution in [0.1, 0.15) is 21.6 Å². The number of nitrogens with one attached hydrogen (secondary N) is 1. The number of aryl methyl sites for hydroxylation is 1. The number of benzene rings is 1. The van der Waals surface area contributed by atoms with E-state index >= 15 is 0 Å². The first-order chi connectivity index (χ1) is 11.5. The molecule has 0 saturated carbocycles. The Labute approximate surface area is 144 Å². The molecule has 7 nitrogen and oxygen atoms in total. The van der Waals surface area contributed by atoms with E-state index in [2.05, 4.69) is 15.5 Å². The first kappa shape index (κ1) is 16.7. The topological polar surface area (TPSA) is 76.6 Å². The smallest absolute Gasteiger partial charge is 0.241 e. The fourth-order valence-corrected chi connectivity index (χ4v) is 3.30. The lowest BCUT2D eigenvalue weighted by molar-refractivity contribution is -0.125. The molecule has 2 aromatic rings. The Morgan fingerprint density at radius 2 is 2.12 bits per heavy atom. The molecule has 3 rings (SSSR count). The number of carbonyl (C=O) groups excluding carboxylic acids is 1. The predicted molar refractivity (Wildman–Crippen MR) is 90.4 cm³/mol. The molecule has 1 amide bonds. The van der Waals surface area contributed by atoms with Crippen molar-refractivity contribution < 1.29 is 14.3 Å². The summed E-state index contributed by atoms with van der Waals surface area (Å²) in [5.41, 5.74) is 0.869. The van der Waals surface area contributed by atoms with E-state index in [1.54, 1.807) is 11.3 Å². The minimum absolute atomic E-state index is 0.0555. The third-order valence-corrected chi connectivity index (χ3v) is 4.58. The molecule has 128 valence electrons. The molecule has 1 aliphatic heterocycles.